The molecule has 5 nitrogen and oxygen atoms in total. The molecule has 0 spiro atoms. The number of carbonyl (C=O) groups is 1. The molecular formula is C20H16ClF4N3O2. The zero-order valence-corrected chi connectivity index (χ0v) is 16.7. The van der Waals surface area contributed by atoms with Crippen molar-refractivity contribution in [3.8, 4) is 5.75 Å². The van der Waals surface area contributed by atoms with Crippen LogP contribution in [0.4, 0.5) is 17.6 Å². The molecule has 1 amide bonds. The summed E-state index contributed by atoms with van der Waals surface area (Å²) in [6, 6.07) is 6.11. The van der Waals surface area contributed by atoms with Crippen molar-refractivity contribution in [3.05, 3.63) is 81.6 Å². The van der Waals surface area contributed by atoms with Crippen LogP contribution in [0.15, 0.2) is 36.5 Å². The molecule has 1 aromatic heterocycles. The number of benzene rings is 2. The topological polar surface area (TPSA) is 47.4 Å². The monoisotopic (exact) mass is 441 g/mol. The van der Waals surface area contributed by atoms with Gasteiger partial charge in [0.25, 0.3) is 5.91 Å². The van der Waals surface area contributed by atoms with Gasteiger partial charge in [0, 0.05) is 25.7 Å². The molecule has 0 unspecified atom stereocenters. The molecule has 0 saturated carbocycles. The number of amides is 1. The number of rotatable bonds is 6. The Morgan fingerprint density at radius 1 is 1.13 bits per heavy atom. The molecule has 0 aliphatic carbocycles. The van der Waals surface area contributed by atoms with Crippen molar-refractivity contribution in [2.75, 3.05) is 7.05 Å². The van der Waals surface area contributed by atoms with Crippen molar-refractivity contribution in [2.45, 2.75) is 13.2 Å². The van der Waals surface area contributed by atoms with Crippen molar-refractivity contribution < 1.29 is 27.1 Å². The molecule has 3 rings (SSSR count). The maximum atomic E-state index is 13.6. The summed E-state index contributed by atoms with van der Waals surface area (Å²) in [4.78, 5) is 14.0. The minimum atomic E-state index is -1.61. The van der Waals surface area contributed by atoms with Gasteiger partial charge >= 0.3 is 0 Å². The number of hydrogen-bond donors (Lipinski definition) is 0. The van der Waals surface area contributed by atoms with Crippen LogP contribution >= 0.6 is 11.6 Å². The van der Waals surface area contributed by atoms with Crippen molar-refractivity contribution >= 4 is 17.5 Å². The van der Waals surface area contributed by atoms with Crippen LogP contribution in [-0.2, 0) is 20.2 Å². The average Bonchev–Trinajstić information content (AvgIpc) is 3.04. The molecule has 3 aromatic rings. The Labute approximate surface area is 174 Å². The summed E-state index contributed by atoms with van der Waals surface area (Å²) in [5.74, 6) is -7.76. The lowest BCUT2D eigenvalue weighted by atomic mass is 10.1. The van der Waals surface area contributed by atoms with Gasteiger partial charge in [-0.3, -0.25) is 9.48 Å². The van der Waals surface area contributed by atoms with Crippen LogP contribution in [0.25, 0.3) is 0 Å². The first-order chi connectivity index (χ1) is 14.2. The smallest absolute Gasteiger partial charge is 0.253 e. The molecule has 30 heavy (non-hydrogen) atoms. The molecule has 0 saturated heterocycles. The fraction of sp³-hybridized carbons (Fsp3) is 0.200. The van der Waals surface area contributed by atoms with E-state index in [0.29, 0.717) is 21.8 Å². The number of halogens is 5. The summed E-state index contributed by atoms with van der Waals surface area (Å²) >= 11 is 6.05. The third kappa shape index (κ3) is 4.40. The van der Waals surface area contributed by atoms with E-state index in [4.69, 9.17) is 16.3 Å². The highest BCUT2D eigenvalue weighted by atomic mass is 35.5. The molecule has 0 bridgehead atoms. The van der Waals surface area contributed by atoms with E-state index < -0.39 is 29.0 Å². The minimum Gasteiger partial charge on any atom is -0.483 e. The molecule has 2 aromatic carbocycles. The first kappa shape index (κ1) is 21.6. The summed E-state index contributed by atoms with van der Waals surface area (Å²) in [5, 5.41) is 4.46. The highest BCUT2D eigenvalue weighted by Gasteiger charge is 2.21. The number of ether oxygens (including phenoxy) is 1. The van der Waals surface area contributed by atoms with Gasteiger partial charge in [-0.05, 0) is 17.7 Å². The summed E-state index contributed by atoms with van der Waals surface area (Å²) in [7, 11) is 3.32. The number of hydrogen-bond acceptors (Lipinski definition) is 3. The number of aryl methyl sites for hydroxylation is 1. The molecule has 158 valence electrons. The lowest BCUT2D eigenvalue weighted by Gasteiger charge is -2.18. The molecule has 0 aliphatic heterocycles. The highest BCUT2D eigenvalue weighted by molar-refractivity contribution is 6.31. The molecule has 1 heterocycles. The lowest BCUT2D eigenvalue weighted by molar-refractivity contribution is 0.0782. The Bertz CT molecular complexity index is 1040. The summed E-state index contributed by atoms with van der Waals surface area (Å²) < 4.78 is 60.2. The Morgan fingerprint density at radius 2 is 1.73 bits per heavy atom. The van der Waals surface area contributed by atoms with Gasteiger partial charge in [0.05, 0.1) is 23.5 Å². The second-order valence-corrected chi connectivity index (χ2v) is 6.91. The molecule has 0 fully saturated rings. The summed E-state index contributed by atoms with van der Waals surface area (Å²) in [6.45, 7) is -0.117. The van der Waals surface area contributed by atoms with Gasteiger partial charge < -0.3 is 9.64 Å². The van der Waals surface area contributed by atoms with Gasteiger partial charge in [-0.25, -0.2) is 8.78 Å². The largest absolute Gasteiger partial charge is 0.483 e. The number of carbonyl (C=O) groups excluding carboxylic acids is 1. The number of aromatic nitrogens is 2. The maximum Gasteiger partial charge on any atom is 0.253 e. The summed E-state index contributed by atoms with van der Waals surface area (Å²) in [6.07, 6.45) is 1.49. The standard InChI is InChI=1S/C20H16ClF4N3O2/c1-27(9-16-13(21)8-26-28(16)2)20(29)12-5-3-11(4-6-12)10-30-19-17(24)14(22)7-15(23)18(19)25/h3-8H,9-10H2,1-2H3. The summed E-state index contributed by atoms with van der Waals surface area (Å²) in [5.41, 5.74) is 1.46. The van der Waals surface area contributed by atoms with E-state index >= 15 is 0 Å². The van der Waals surface area contributed by atoms with Crippen molar-refractivity contribution in [1.29, 1.82) is 0 Å². The minimum absolute atomic E-state index is 0.104. The molecule has 0 N–H and O–H groups in total. The molecule has 0 atom stereocenters. The zero-order valence-electron chi connectivity index (χ0n) is 15.9. The van der Waals surface area contributed by atoms with Crippen LogP contribution in [0.1, 0.15) is 21.6 Å². The third-order valence-corrected chi connectivity index (χ3v) is 4.72. The van der Waals surface area contributed by atoms with E-state index in [1.165, 1.54) is 35.4 Å². The van der Waals surface area contributed by atoms with Crippen LogP contribution in [0.3, 0.4) is 0 Å². The molecular weight excluding hydrogens is 426 g/mol. The molecule has 10 heteroatoms. The van der Waals surface area contributed by atoms with Crippen LogP contribution < -0.4 is 4.74 Å². The van der Waals surface area contributed by atoms with Crippen LogP contribution in [0, 0.1) is 23.3 Å². The maximum absolute atomic E-state index is 13.6. The molecule has 0 radical (unpaired) electrons. The SMILES string of the molecule is CN(Cc1c(Cl)cnn1C)C(=O)c1ccc(COc2c(F)c(F)cc(F)c2F)cc1. The van der Waals surface area contributed by atoms with E-state index in [2.05, 4.69) is 5.10 Å². The predicted octanol–water partition coefficient (Wildman–Crippen LogP) is 4.48. The van der Waals surface area contributed by atoms with Crippen LogP contribution in [0.5, 0.6) is 5.75 Å². The van der Waals surface area contributed by atoms with E-state index in [0.717, 1.165) is 0 Å². The van der Waals surface area contributed by atoms with Gasteiger partial charge in [0.15, 0.2) is 17.4 Å². The van der Waals surface area contributed by atoms with Crippen LogP contribution in [-0.4, -0.2) is 27.6 Å². The first-order valence-electron chi connectivity index (χ1n) is 8.65. The van der Waals surface area contributed by atoms with Crippen molar-refractivity contribution in [3.63, 3.8) is 0 Å². The highest BCUT2D eigenvalue weighted by Crippen LogP contribution is 2.27. The number of nitrogens with zero attached hydrogens (tertiary/aromatic N) is 3. The second-order valence-electron chi connectivity index (χ2n) is 6.51. The normalized spacial score (nSPS) is 10.9. The first-order valence-corrected chi connectivity index (χ1v) is 9.03. The Morgan fingerprint density at radius 3 is 2.27 bits per heavy atom. The van der Waals surface area contributed by atoms with Crippen LogP contribution in [0.2, 0.25) is 5.02 Å². The fourth-order valence-electron chi connectivity index (χ4n) is 2.71. The van der Waals surface area contributed by atoms with Crippen molar-refractivity contribution in [1.82, 2.24) is 14.7 Å². The van der Waals surface area contributed by atoms with Gasteiger partial charge in [-0.2, -0.15) is 13.9 Å². The predicted molar refractivity (Wildman–Crippen MR) is 101 cm³/mol. The Hall–Kier alpha value is -3.07. The Balaban J connectivity index is 1.67. The lowest BCUT2D eigenvalue weighted by Crippen LogP contribution is -2.27. The average molecular weight is 442 g/mol. The van der Waals surface area contributed by atoms with E-state index in [1.54, 1.807) is 18.8 Å². The van der Waals surface area contributed by atoms with Gasteiger partial charge in [0.2, 0.25) is 11.6 Å². The zero-order chi connectivity index (χ0) is 22.0. The third-order valence-electron chi connectivity index (χ3n) is 4.40. The Kier molecular flexibility index (Phi) is 6.31. The van der Waals surface area contributed by atoms with E-state index in [9.17, 15) is 22.4 Å². The van der Waals surface area contributed by atoms with Gasteiger partial charge in [-0.15, -0.1) is 0 Å². The van der Waals surface area contributed by atoms with Crippen molar-refractivity contribution in [2.24, 2.45) is 7.05 Å². The fourth-order valence-corrected chi connectivity index (χ4v) is 2.93. The molecule has 0 aliphatic rings. The van der Waals surface area contributed by atoms with E-state index in [1.807, 2.05) is 0 Å². The van der Waals surface area contributed by atoms with Gasteiger partial charge in [0.1, 0.15) is 6.61 Å². The van der Waals surface area contributed by atoms with E-state index in [-0.39, 0.29) is 25.1 Å². The van der Waals surface area contributed by atoms with Gasteiger partial charge in [-0.1, -0.05) is 23.7 Å². The quantitative estimate of drug-likeness (QED) is 0.418. The second kappa shape index (κ2) is 8.74.